The summed E-state index contributed by atoms with van der Waals surface area (Å²) in [6.45, 7) is 4.01. The average molecular weight is 402 g/mol. The molecule has 0 spiro atoms. The Labute approximate surface area is 170 Å². The SMILES string of the molecule is CCc1nc(C(=O)N2CCNCC2c2nccn2C)nn1-c1ccccc1.Cl. The van der Waals surface area contributed by atoms with E-state index in [-0.39, 0.29) is 30.2 Å². The summed E-state index contributed by atoms with van der Waals surface area (Å²) in [5.41, 5.74) is 0.905. The molecule has 1 N–H and O–H groups in total. The predicted molar refractivity (Wildman–Crippen MR) is 108 cm³/mol. The molecule has 1 saturated heterocycles. The van der Waals surface area contributed by atoms with Gasteiger partial charge in [0.05, 0.1) is 5.69 Å². The summed E-state index contributed by atoms with van der Waals surface area (Å²) >= 11 is 0. The summed E-state index contributed by atoms with van der Waals surface area (Å²) in [5, 5.41) is 7.88. The number of para-hydroxylation sites is 1. The van der Waals surface area contributed by atoms with Crippen LogP contribution in [0.5, 0.6) is 0 Å². The van der Waals surface area contributed by atoms with Crippen LogP contribution in [0.15, 0.2) is 42.7 Å². The molecule has 1 atom stereocenters. The van der Waals surface area contributed by atoms with Gasteiger partial charge >= 0.3 is 0 Å². The number of carbonyl (C=O) groups is 1. The summed E-state index contributed by atoms with van der Waals surface area (Å²) in [5.74, 6) is 1.70. The van der Waals surface area contributed by atoms with Gasteiger partial charge in [0.2, 0.25) is 5.82 Å². The van der Waals surface area contributed by atoms with E-state index in [0.29, 0.717) is 19.5 Å². The monoisotopic (exact) mass is 401 g/mol. The third-order valence-corrected chi connectivity index (χ3v) is 4.84. The van der Waals surface area contributed by atoms with Crippen molar-refractivity contribution in [2.45, 2.75) is 19.4 Å². The van der Waals surface area contributed by atoms with E-state index < -0.39 is 0 Å². The van der Waals surface area contributed by atoms with Gasteiger partial charge < -0.3 is 14.8 Å². The van der Waals surface area contributed by atoms with Crippen LogP contribution in [0.25, 0.3) is 5.69 Å². The Hall–Kier alpha value is -2.71. The molecule has 3 aromatic rings. The molecule has 4 rings (SSSR count). The number of benzene rings is 1. The normalized spacial score (nSPS) is 16.6. The largest absolute Gasteiger partial charge is 0.336 e. The van der Waals surface area contributed by atoms with Gasteiger partial charge in [0, 0.05) is 45.5 Å². The van der Waals surface area contributed by atoms with Crippen LogP contribution in [0.2, 0.25) is 0 Å². The van der Waals surface area contributed by atoms with Crippen molar-refractivity contribution in [1.82, 2.24) is 34.5 Å². The number of hydrogen-bond donors (Lipinski definition) is 1. The van der Waals surface area contributed by atoms with E-state index in [9.17, 15) is 4.79 Å². The molecular formula is C19H24ClN7O. The van der Waals surface area contributed by atoms with Crippen LogP contribution in [0, 0.1) is 0 Å². The first kappa shape index (κ1) is 20.0. The van der Waals surface area contributed by atoms with E-state index in [2.05, 4.69) is 20.4 Å². The fourth-order valence-corrected chi connectivity index (χ4v) is 3.44. The number of carbonyl (C=O) groups excluding carboxylic acids is 1. The molecule has 3 heterocycles. The van der Waals surface area contributed by atoms with Crippen molar-refractivity contribution in [3.8, 4) is 5.69 Å². The number of halogens is 1. The smallest absolute Gasteiger partial charge is 0.294 e. The van der Waals surface area contributed by atoms with E-state index in [1.54, 1.807) is 10.9 Å². The number of nitrogens with zero attached hydrogens (tertiary/aromatic N) is 6. The number of aromatic nitrogens is 5. The lowest BCUT2D eigenvalue weighted by molar-refractivity contribution is 0.0608. The summed E-state index contributed by atoms with van der Waals surface area (Å²) in [7, 11) is 1.94. The predicted octanol–water partition coefficient (Wildman–Crippen LogP) is 1.77. The quantitative estimate of drug-likeness (QED) is 0.720. The molecule has 1 aliphatic heterocycles. The zero-order valence-corrected chi connectivity index (χ0v) is 16.8. The van der Waals surface area contributed by atoms with Crippen molar-refractivity contribution < 1.29 is 4.79 Å². The van der Waals surface area contributed by atoms with Crippen LogP contribution in [0.1, 0.15) is 35.2 Å². The first-order chi connectivity index (χ1) is 13.2. The highest BCUT2D eigenvalue weighted by atomic mass is 35.5. The summed E-state index contributed by atoms with van der Waals surface area (Å²) in [6, 6.07) is 9.64. The van der Waals surface area contributed by atoms with Crippen molar-refractivity contribution in [3.05, 3.63) is 60.2 Å². The molecule has 148 valence electrons. The molecule has 0 aliphatic carbocycles. The van der Waals surface area contributed by atoms with E-state index in [1.807, 2.05) is 60.0 Å². The maximum Gasteiger partial charge on any atom is 0.294 e. The molecule has 1 aromatic carbocycles. The van der Waals surface area contributed by atoms with Gasteiger partial charge in [-0.05, 0) is 12.1 Å². The molecule has 0 radical (unpaired) electrons. The first-order valence-electron chi connectivity index (χ1n) is 9.19. The van der Waals surface area contributed by atoms with E-state index in [1.165, 1.54) is 0 Å². The second-order valence-corrected chi connectivity index (χ2v) is 6.57. The fraction of sp³-hybridized carbons (Fsp3) is 0.368. The van der Waals surface area contributed by atoms with Gasteiger partial charge in [-0.1, -0.05) is 25.1 Å². The minimum absolute atomic E-state index is 0. The average Bonchev–Trinajstić information content (AvgIpc) is 3.34. The number of rotatable bonds is 4. The molecule has 1 unspecified atom stereocenters. The minimum Gasteiger partial charge on any atom is -0.336 e. The third-order valence-electron chi connectivity index (χ3n) is 4.84. The van der Waals surface area contributed by atoms with Crippen molar-refractivity contribution in [2.24, 2.45) is 7.05 Å². The zero-order valence-electron chi connectivity index (χ0n) is 15.9. The Bertz CT molecular complexity index is 937. The number of nitrogens with one attached hydrogen (secondary N) is 1. The maximum atomic E-state index is 13.3. The molecule has 0 bridgehead atoms. The van der Waals surface area contributed by atoms with Crippen molar-refractivity contribution in [1.29, 1.82) is 0 Å². The van der Waals surface area contributed by atoms with Gasteiger partial charge in [-0.2, -0.15) is 0 Å². The standard InChI is InChI=1S/C19H23N7O.ClH/c1-3-16-22-17(23-26(16)14-7-5-4-6-8-14)19(27)25-12-9-20-13-15(25)18-21-10-11-24(18)2;/h4-8,10-11,15,20H,3,9,12-13H2,1-2H3;1H. The highest BCUT2D eigenvalue weighted by Gasteiger charge is 2.33. The highest BCUT2D eigenvalue weighted by Crippen LogP contribution is 2.22. The van der Waals surface area contributed by atoms with Gasteiger partial charge in [0.1, 0.15) is 17.7 Å². The van der Waals surface area contributed by atoms with Crippen LogP contribution in [-0.2, 0) is 13.5 Å². The molecule has 2 aromatic heterocycles. The van der Waals surface area contributed by atoms with E-state index in [0.717, 1.165) is 23.9 Å². The molecule has 1 aliphatic rings. The maximum absolute atomic E-state index is 13.3. The van der Waals surface area contributed by atoms with Crippen molar-refractivity contribution >= 4 is 18.3 Å². The Morgan fingerprint density at radius 2 is 2.07 bits per heavy atom. The van der Waals surface area contributed by atoms with E-state index >= 15 is 0 Å². The van der Waals surface area contributed by atoms with Crippen LogP contribution in [0.4, 0.5) is 0 Å². The molecular weight excluding hydrogens is 378 g/mol. The molecule has 0 saturated carbocycles. The van der Waals surface area contributed by atoms with Crippen molar-refractivity contribution in [2.75, 3.05) is 19.6 Å². The van der Waals surface area contributed by atoms with Crippen LogP contribution >= 0.6 is 12.4 Å². The number of imidazole rings is 1. The summed E-state index contributed by atoms with van der Waals surface area (Å²) in [4.78, 5) is 24.0. The lowest BCUT2D eigenvalue weighted by Gasteiger charge is -2.35. The lowest BCUT2D eigenvalue weighted by atomic mass is 10.1. The topological polar surface area (TPSA) is 80.9 Å². The Morgan fingerprint density at radius 3 is 2.75 bits per heavy atom. The minimum atomic E-state index is -0.158. The highest BCUT2D eigenvalue weighted by molar-refractivity contribution is 5.91. The zero-order chi connectivity index (χ0) is 18.8. The van der Waals surface area contributed by atoms with Gasteiger partial charge in [-0.3, -0.25) is 4.79 Å². The summed E-state index contributed by atoms with van der Waals surface area (Å²) in [6.07, 6.45) is 4.34. The molecule has 9 heteroatoms. The molecule has 8 nitrogen and oxygen atoms in total. The van der Waals surface area contributed by atoms with Crippen LogP contribution in [0.3, 0.4) is 0 Å². The summed E-state index contributed by atoms with van der Waals surface area (Å²) < 4.78 is 3.70. The number of amides is 1. The van der Waals surface area contributed by atoms with E-state index in [4.69, 9.17) is 0 Å². The Balaban J connectivity index is 0.00000225. The van der Waals surface area contributed by atoms with Gasteiger partial charge in [-0.15, -0.1) is 17.5 Å². The second kappa shape index (κ2) is 8.53. The number of piperazine rings is 1. The first-order valence-corrected chi connectivity index (χ1v) is 9.19. The third kappa shape index (κ3) is 3.65. The Morgan fingerprint density at radius 1 is 1.29 bits per heavy atom. The molecule has 1 fully saturated rings. The second-order valence-electron chi connectivity index (χ2n) is 6.57. The molecule has 1 amide bonds. The van der Waals surface area contributed by atoms with Gasteiger partial charge in [-0.25, -0.2) is 14.6 Å². The van der Waals surface area contributed by atoms with Gasteiger partial charge in [0.25, 0.3) is 5.91 Å². The fourth-order valence-electron chi connectivity index (χ4n) is 3.44. The number of hydrogen-bond acceptors (Lipinski definition) is 5. The van der Waals surface area contributed by atoms with Gasteiger partial charge in [0.15, 0.2) is 0 Å². The van der Waals surface area contributed by atoms with Crippen LogP contribution in [-0.4, -0.2) is 54.8 Å². The van der Waals surface area contributed by atoms with Crippen LogP contribution < -0.4 is 5.32 Å². The Kier molecular flexibility index (Phi) is 6.11. The molecule has 28 heavy (non-hydrogen) atoms. The van der Waals surface area contributed by atoms with Crippen molar-refractivity contribution in [3.63, 3.8) is 0 Å². The lowest BCUT2D eigenvalue weighted by Crippen LogP contribution is -2.49. The number of aryl methyl sites for hydroxylation is 2.